The van der Waals surface area contributed by atoms with Crippen LogP contribution in [0.4, 0.5) is 5.69 Å². The van der Waals surface area contributed by atoms with Crippen molar-refractivity contribution in [2.75, 3.05) is 38.6 Å². The first-order chi connectivity index (χ1) is 15.0. The van der Waals surface area contributed by atoms with E-state index < -0.39 is 5.54 Å². The van der Waals surface area contributed by atoms with Crippen LogP contribution in [0.2, 0.25) is 0 Å². The van der Waals surface area contributed by atoms with E-state index in [0.717, 1.165) is 17.2 Å². The smallest absolute Gasteiger partial charge is 0.274 e. The van der Waals surface area contributed by atoms with Gasteiger partial charge in [0.25, 0.3) is 5.91 Å². The molecule has 31 heavy (non-hydrogen) atoms. The van der Waals surface area contributed by atoms with Gasteiger partial charge in [-0.3, -0.25) is 14.6 Å². The zero-order chi connectivity index (χ0) is 21.6. The molecule has 0 saturated carbocycles. The fourth-order valence-corrected chi connectivity index (χ4v) is 4.58. The van der Waals surface area contributed by atoms with Crippen LogP contribution in [0, 0.1) is 0 Å². The quantitative estimate of drug-likeness (QED) is 0.639. The molecule has 3 aromatic heterocycles. The van der Waals surface area contributed by atoms with Crippen molar-refractivity contribution in [2.24, 2.45) is 0 Å². The summed E-state index contributed by atoms with van der Waals surface area (Å²) in [5.41, 5.74) is 1.70. The molecule has 1 saturated heterocycles. The number of anilines is 1. The number of carbonyl (C=O) groups is 2. The van der Waals surface area contributed by atoms with Gasteiger partial charge in [0.15, 0.2) is 5.82 Å². The highest BCUT2D eigenvalue weighted by atomic mass is 16.2. The number of pyridine rings is 1. The average Bonchev–Trinajstić information content (AvgIpc) is 3.45. The normalized spacial score (nSPS) is 19.3. The Hall–Kier alpha value is -3.75. The van der Waals surface area contributed by atoms with Gasteiger partial charge in [-0.15, -0.1) is 0 Å². The largest absolute Gasteiger partial charge is 0.347 e. The van der Waals surface area contributed by atoms with Gasteiger partial charge in [-0.05, 0) is 30.7 Å². The Morgan fingerprint density at radius 2 is 2.00 bits per heavy atom. The van der Waals surface area contributed by atoms with Crippen molar-refractivity contribution >= 4 is 17.5 Å². The Balaban J connectivity index is 1.59. The van der Waals surface area contributed by atoms with Crippen LogP contribution in [0.3, 0.4) is 0 Å². The summed E-state index contributed by atoms with van der Waals surface area (Å²) in [6.45, 7) is 1.20. The van der Waals surface area contributed by atoms with Gasteiger partial charge < -0.3 is 19.3 Å². The maximum atomic E-state index is 13.1. The molecule has 0 unspecified atom stereocenters. The van der Waals surface area contributed by atoms with Crippen LogP contribution in [0.15, 0.2) is 55.2 Å². The van der Waals surface area contributed by atoms with Crippen LogP contribution in [0.1, 0.15) is 22.6 Å². The number of hydrogen-bond acceptors (Lipinski definition) is 6. The Morgan fingerprint density at radius 1 is 1.13 bits per heavy atom. The molecule has 0 aliphatic carbocycles. The molecule has 0 N–H and O–H groups in total. The zero-order valence-corrected chi connectivity index (χ0v) is 17.5. The number of carbonyl (C=O) groups excluding carboxylic acids is 2. The van der Waals surface area contributed by atoms with Crippen molar-refractivity contribution in [2.45, 2.75) is 12.0 Å². The Bertz CT molecular complexity index is 1140. The van der Waals surface area contributed by atoms with Crippen molar-refractivity contribution in [1.29, 1.82) is 0 Å². The van der Waals surface area contributed by atoms with Crippen molar-refractivity contribution < 1.29 is 9.59 Å². The van der Waals surface area contributed by atoms with Crippen LogP contribution in [0.25, 0.3) is 5.82 Å². The first-order valence-electron chi connectivity index (χ1n) is 10.2. The van der Waals surface area contributed by atoms with Crippen LogP contribution in [-0.2, 0) is 10.3 Å². The lowest BCUT2D eigenvalue weighted by Gasteiger charge is -2.46. The summed E-state index contributed by atoms with van der Waals surface area (Å²) < 4.78 is 2.07. The second-order valence-corrected chi connectivity index (χ2v) is 8.08. The molecule has 1 atom stereocenters. The third kappa shape index (κ3) is 2.96. The van der Waals surface area contributed by atoms with Crippen LogP contribution in [0.5, 0.6) is 0 Å². The summed E-state index contributed by atoms with van der Waals surface area (Å²) in [6, 6.07) is 7.91. The van der Waals surface area contributed by atoms with Gasteiger partial charge in [-0.1, -0.05) is 0 Å². The van der Waals surface area contributed by atoms with Crippen LogP contribution >= 0.6 is 0 Å². The van der Waals surface area contributed by atoms with Crippen LogP contribution < -0.4 is 4.90 Å². The number of amides is 2. The number of likely N-dealkylation sites (tertiary alicyclic amines) is 1. The Morgan fingerprint density at radius 3 is 2.77 bits per heavy atom. The van der Waals surface area contributed by atoms with Crippen molar-refractivity contribution in [3.8, 4) is 5.82 Å². The molecule has 2 aliphatic heterocycles. The molecule has 0 aromatic carbocycles. The van der Waals surface area contributed by atoms with E-state index in [4.69, 9.17) is 0 Å². The molecule has 9 nitrogen and oxygen atoms in total. The highest BCUT2D eigenvalue weighted by Crippen LogP contribution is 2.47. The second kappa shape index (κ2) is 7.19. The fourth-order valence-electron chi connectivity index (χ4n) is 4.58. The first-order valence-corrected chi connectivity index (χ1v) is 10.2. The van der Waals surface area contributed by atoms with Crippen molar-refractivity contribution in [3.63, 3.8) is 0 Å². The monoisotopic (exact) mass is 417 g/mol. The number of rotatable bonds is 3. The predicted molar refractivity (Wildman–Crippen MR) is 114 cm³/mol. The number of likely N-dealkylation sites (N-methyl/N-ethyl adjacent to an activating group) is 1. The summed E-state index contributed by atoms with van der Waals surface area (Å²) >= 11 is 0. The minimum absolute atomic E-state index is 0.00659. The average molecular weight is 417 g/mol. The molecule has 158 valence electrons. The maximum Gasteiger partial charge on any atom is 0.274 e. The van der Waals surface area contributed by atoms with E-state index in [1.807, 2.05) is 24.4 Å². The van der Waals surface area contributed by atoms with Gasteiger partial charge in [0.2, 0.25) is 5.91 Å². The fraction of sp³-hybridized carbons (Fsp3) is 0.318. The number of hydrogen-bond donors (Lipinski definition) is 0. The summed E-state index contributed by atoms with van der Waals surface area (Å²) in [7, 11) is 3.51. The molecular weight excluding hydrogens is 394 g/mol. The van der Waals surface area contributed by atoms with E-state index in [2.05, 4.69) is 30.5 Å². The summed E-state index contributed by atoms with van der Waals surface area (Å²) in [5, 5.41) is 0. The van der Waals surface area contributed by atoms with E-state index in [0.29, 0.717) is 25.2 Å². The minimum atomic E-state index is -0.539. The van der Waals surface area contributed by atoms with E-state index >= 15 is 0 Å². The zero-order valence-electron chi connectivity index (χ0n) is 17.5. The first kappa shape index (κ1) is 19.2. The molecule has 5 heterocycles. The molecule has 0 bridgehead atoms. The lowest BCUT2D eigenvalue weighted by atomic mass is 9.88. The van der Waals surface area contributed by atoms with Gasteiger partial charge in [-0.2, -0.15) is 0 Å². The highest BCUT2D eigenvalue weighted by molar-refractivity contribution is 5.92. The minimum Gasteiger partial charge on any atom is -0.347 e. The lowest BCUT2D eigenvalue weighted by molar-refractivity contribution is -0.127. The number of nitrogens with zero attached hydrogens (tertiary/aromatic N) is 7. The van der Waals surface area contributed by atoms with Gasteiger partial charge in [0.1, 0.15) is 11.2 Å². The Labute approximate surface area is 179 Å². The third-order valence-electron chi connectivity index (χ3n) is 6.14. The molecule has 1 fully saturated rings. The summed E-state index contributed by atoms with van der Waals surface area (Å²) in [4.78, 5) is 44.2. The van der Waals surface area contributed by atoms with Crippen LogP contribution in [-0.4, -0.2) is 74.9 Å². The van der Waals surface area contributed by atoms with Gasteiger partial charge in [0.05, 0.1) is 24.1 Å². The van der Waals surface area contributed by atoms with Crippen molar-refractivity contribution in [1.82, 2.24) is 29.3 Å². The molecule has 2 aliphatic rings. The maximum absolute atomic E-state index is 13.1. The molecular formula is C22H23N7O2. The predicted octanol–water partition coefficient (Wildman–Crippen LogP) is 1.31. The summed E-state index contributed by atoms with van der Waals surface area (Å²) in [5.74, 6) is 0.630. The molecule has 9 heteroatoms. The van der Waals surface area contributed by atoms with Gasteiger partial charge >= 0.3 is 0 Å². The molecule has 5 rings (SSSR count). The van der Waals surface area contributed by atoms with E-state index in [1.165, 1.54) is 12.4 Å². The van der Waals surface area contributed by atoms with Crippen molar-refractivity contribution in [3.05, 3.63) is 66.6 Å². The molecule has 2 amide bonds. The highest BCUT2D eigenvalue weighted by Gasteiger charge is 2.51. The molecule has 0 radical (unpaired) electrons. The third-order valence-corrected chi connectivity index (χ3v) is 6.14. The topological polar surface area (TPSA) is 87.5 Å². The van der Waals surface area contributed by atoms with E-state index in [-0.39, 0.29) is 18.4 Å². The SMILES string of the molecule is CN(C)C(=O)CN1c2cccnc2-n2cccc2[C@]12CCN(C(=O)c1cnccn1)C2. The lowest BCUT2D eigenvalue weighted by Crippen LogP contribution is -2.55. The summed E-state index contributed by atoms with van der Waals surface area (Å²) in [6.07, 6.45) is 9.00. The number of aromatic nitrogens is 4. The van der Waals surface area contributed by atoms with E-state index in [1.54, 1.807) is 36.3 Å². The standard InChI is InChI=1S/C22H23N7O2/c1-26(2)19(30)14-29-17-5-3-8-25-20(17)28-11-4-6-18(28)22(29)7-12-27(15-22)21(31)16-13-23-9-10-24-16/h3-6,8-11,13H,7,12,14-15H2,1-2H3/t22-/m1/s1. The van der Waals surface area contributed by atoms with Gasteiger partial charge in [0, 0.05) is 52.0 Å². The molecule has 3 aromatic rings. The van der Waals surface area contributed by atoms with Gasteiger partial charge in [-0.25, -0.2) is 9.97 Å². The second-order valence-electron chi connectivity index (χ2n) is 8.08. The Kier molecular flexibility index (Phi) is 4.46. The van der Waals surface area contributed by atoms with E-state index in [9.17, 15) is 9.59 Å². The molecule has 1 spiro atoms. The number of fused-ring (bicyclic) bond motifs is 4.